The number of hydrogen-bond donors (Lipinski definition) is 2. The van der Waals surface area contributed by atoms with Gasteiger partial charge in [-0.3, -0.25) is 10.1 Å². The monoisotopic (exact) mass is 304 g/mol. The molecule has 0 spiro atoms. The van der Waals surface area contributed by atoms with Crippen molar-refractivity contribution in [2.45, 2.75) is 0 Å². The number of nitrogens with one attached hydrogen (secondary N) is 1. The van der Waals surface area contributed by atoms with Crippen molar-refractivity contribution >= 4 is 50.0 Å². The van der Waals surface area contributed by atoms with E-state index in [-0.39, 0.29) is 5.91 Å². The van der Waals surface area contributed by atoms with Gasteiger partial charge < -0.3 is 5.73 Å². The summed E-state index contributed by atoms with van der Waals surface area (Å²) in [6.45, 7) is 0. The van der Waals surface area contributed by atoms with Crippen LogP contribution in [0.1, 0.15) is 10.4 Å². The van der Waals surface area contributed by atoms with Crippen LogP contribution in [-0.2, 0) is 0 Å². The number of benzene rings is 1. The molecule has 0 saturated heterocycles. The minimum Gasteiger partial charge on any atom is -0.384 e. The number of fused-ring (bicyclic) bond motifs is 1. The Kier molecular flexibility index (Phi) is 3.25. The molecule has 5 nitrogen and oxygen atoms in total. The summed E-state index contributed by atoms with van der Waals surface area (Å²) in [5, 5.41) is 3.89. The molecule has 2 heterocycles. The molecule has 1 aromatic carbocycles. The van der Waals surface area contributed by atoms with Gasteiger partial charge in [-0.05, 0) is 30.3 Å². The van der Waals surface area contributed by atoms with Crippen molar-refractivity contribution in [2.24, 2.45) is 0 Å². The molecule has 0 atom stereocenters. The first-order chi connectivity index (χ1) is 9.61. The second-order valence-corrected chi connectivity index (χ2v) is 5.52. The normalized spacial score (nSPS) is 10.7. The zero-order valence-electron chi connectivity index (χ0n) is 10.1. The second kappa shape index (κ2) is 5.07. The highest BCUT2D eigenvalue weighted by Gasteiger charge is 2.10. The number of nitrogens with zero attached hydrogens (tertiary/aromatic N) is 2. The van der Waals surface area contributed by atoms with E-state index in [1.807, 2.05) is 12.1 Å². The maximum atomic E-state index is 12.0. The zero-order valence-corrected chi connectivity index (χ0v) is 11.7. The number of aromatic nitrogens is 2. The molecule has 3 N–H and O–H groups in total. The molecule has 3 rings (SSSR count). The molecule has 0 saturated carbocycles. The first kappa shape index (κ1) is 12.8. The van der Waals surface area contributed by atoms with Crippen molar-refractivity contribution in [3.8, 4) is 0 Å². The third kappa shape index (κ3) is 2.56. The Morgan fingerprint density at radius 2 is 2.15 bits per heavy atom. The fraction of sp³-hybridized carbons (Fsp3) is 0. The highest BCUT2D eigenvalue weighted by Crippen LogP contribution is 2.28. The number of anilines is 2. The molecule has 100 valence electrons. The Hall–Kier alpha value is -2.18. The summed E-state index contributed by atoms with van der Waals surface area (Å²) < 4.78 is 0.920. The number of rotatable bonds is 2. The SMILES string of the molecule is Nc1ccc(C(=O)Nc2nc3ccc(Cl)cc3s2)cn1. The molecular weight excluding hydrogens is 296 g/mol. The van der Waals surface area contributed by atoms with Gasteiger partial charge in [0.2, 0.25) is 0 Å². The summed E-state index contributed by atoms with van der Waals surface area (Å²) in [6.07, 6.45) is 1.43. The first-order valence-electron chi connectivity index (χ1n) is 5.71. The average molecular weight is 305 g/mol. The summed E-state index contributed by atoms with van der Waals surface area (Å²) in [5.41, 5.74) is 6.70. The van der Waals surface area contributed by atoms with Crippen molar-refractivity contribution in [3.05, 3.63) is 47.1 Å². The third-order valence-corrected chi connectivity index (χ3v) is 3.79. The van der Waals surface area contributed by atoms with E-state index in [4.69, 9.17) is 17.3 Å². The maximum absolute atomic E-state index is 12.0. The molecule has 3 aromatic rings. The van der Waals surface area contributed by atoms with Gasteiger partial charge in [0, 0.05) is 11.2 Å². The predicted octanol–water partition coefficient (Wildman–Crippen LogP) is 3.18. The summed E-state index contributed by atoms with van der Waals surface area (Å²) in [5.74, 6) is 0.0961. The molecule has 7 heteroatoms. The minimum atomic E-state index is -0.275. The fourth-order valence-electron chi connectivity index (χ4n) is 1.66. The summed E-state index contributed by atoms with van der Waals surface area (Å²) in [4.78, 5) is 20.2. The van der Waals surface area contributed by atoms with Crippen LogP contribution in [0.15, 0.2) is 36.5 Å². The van der Waals surface area contributed by atoms with Gasteiger partial charge in [0.15, 0.2) is 5.13 Å². The van der Waals surface area contributed by atoms with Crippen molar-refractivity contribution in [3.63, 3.8) is 0 Å². The smallest absolute Gasteiger partial charge is 0.259 e. The lowest BCUT2D eigenvalue weighted by Gasteiger charge is -2.00. The van der Waals surface area contributed by atoms with Gasteiger partial charge in [-0.15, -0.1) is 0 Å². The van der Waals surface area contributed by atoms with Crippen LogP contribution in [0.4, 0.5) is 10.9 Å². The standard InChI is InChI=1S/C13H9ClN4OS/c14-8-2-3-9-10(5-8)20-13(17-9)18-12(19)7-1-4-11(15)16-6-7/h1-6H,(H2,15,16)(H,17,18,19). The van der Waals surface area contributed by atoms with Gasteiger partial charge in [0.05, 0.1) is 15.8 Å². The van der Waals surface area contributed by atoms with E-state index in [1.165, 1.54) is 17.5 Å². The Bertz CT molecular complexity index is 785. The maximum Gasteiger partial charge on any atom is 0.259 e. The number of carbonyl (C=O) groups is 1. The van der Waals surface area contributed by atoms with Crippen molar-refractivity contribution < 1.29 is 4.79 Å². The number of halogens is 1. The fourth-order valence-corrected chi connectivity index (χ4v) is 2.80. The molecular formula is C13H9ClN4OS. The van der Waals surface area contributed by atoms with Gasteiger partial charge >= 0.3 is 0 Å². The molecule has 0 unspecified atom stereocenters. The molecule has 0 aliphatic carbocycles. The minimum absolute atomic E-state index is 0.275. The Morgan fingerprint density at radius 3 is 2.90 bits per heavy atom. The van der Waals surface area contributed by atoms with Gasteiger partial charge in [-0.25, -0.2) is 9.97 Å². The number of carbonyl (C=O) groups excluding carboxylic acids is 1. The number of hydrogen-bond acceptors (Lipinski definition) is 5. The number of amides is 1. The molecule has 20 heavy (non-hydrogen) atoms. The summed E-state index contributed by atoms with van der Waals surface area (Å²) in [7, 11) is 0. The van der Waals surface area contributed by atoms with Gasteiger partial charge in [-0.2, -0.15) is 0 Å². The Labute approximate surface area is 123 Å². The number of pyridine rings is 1. The van der Waals surface area contributed by atoms with E-state index >= 15 is 0 Å². The van der Waals surface area contributed by atoms with Crippen LogP contribution in [0.25, 0.3) is 10.2 Å². The Morgan fingerprint density at radius 1 is 1.30 bits per heavy atom. The van der Waals surface area contributed by atoms with Crippen LogP contribution >= 0.6 is 22.9 Å². The van der Waals surface area contributed by atoms with E-state index in [1.54, 1.807) is 18.2 Å². The van der Waals surface area contributed by atoms with E-state index in [0.717, 1.165) is 10.2 Å². The molecule has 0 fully saturated rings. The van der Waals surface area contributed by atoms with E-state index in [9.17, 15) is 4.79 Å². The van der Waals surface area contributed by atoms with E-state index in [2.05, 4.69) is 15.3 Å². The number of nitrogens with two attached hydrogens (primary N) is 1. The van der Waals surface area contributed by atoms with E-state index in [0.29, 0.717) is 21.5 Å². The van der Waals surface area contributed by atoms with Crippen LogP contribution < -0.4 is 11.1 Å². The zero-order chi connectivity index (χ0) is 14.1. The molecule has 0 aliphatic heterocycles. The third-order valence-electron chi connectivity index (χ3n) is 2.62. The van der Waals surface area contributed by atoms with Gasteiger partial charge in [0.1, 0.15) is 5.82 Å². The highest BCUT2D eigenvalue weighted by molar-refractivity contribution is 7.22. The first-order valence-corrected chi connectivity index (χ1v) is 6.90. The largest absolute Gasteiger partial charge is 0.384 e. The predicted molar refractivity (Wildman–Crippen MR) is 81.2 cm³/mol. The average Bonchev–Trinajstić information content (AvgIpc) is 2.80. The van der Waals surface area contributed by atoms with Gasteiger partial charge in [0.25, 0.3) is 5.91 Å². The van der Waals surface area contributed by atoms with Gasteiger partial charge in [-0.1, -0.05) is 22.9 Å². The number of thiazole rings is 1. The molecule has 0 radical (unpaired) electrons. The van der Waals surface area contributed by atoms with E-state index < -0.39 is 0 Å². The molecule has 1 amide bonds. The quantitative estimate of drug-likeness (QED) is 0.762. The lowest BCUT2D eigenvalue weighted by molar-refractivity contribution is 0.102. The molecule has 0 bridgehead atoms. The number of nitrogen functional groups attached to an aromatic ring is 1. The second-order valence-electron chi connectivity index (χ2n) is 4.06. The van der Waals surface area contributed by atoms with Crippen molar-refractivity contribution in [1.29, 1.82) is 0 Å². The lowest BCUT2D eigenvalue weighted by atomic mass is 10.2. The summed E-state index contributed by atoms with van der Waals surface area (Å²) >= 11 is 7.28. The van der Waals surface area contributed by atoms with Crippen LogP contribution in [0.3, 0.4) is 0 Å². The topological polar surface area (TPSA) is 80.9 Å². The highest BCUT2D eigenvalue weighted by atomic mass is 35.5. The van der Waals surface area contributed by atoms with Crippen LogP contribution in [0, 0.1) is 0 Å². The van der Waals surface area contributed by atoms with Crippen molar-refractivity contribution in [1.82, 2.24) is 9.97 Å². The summed E-state index contributed by atoms with van der Waals surface area (Å²) in [6, 6.07) is 8.58. The molecule has 2 aromatic heterocycles. The molecule has 0 aliphatic rings. The Balaban J connectivity index is 1.85. The van der Waals surface area contributed by atoms with Crippen LogP contribution in [0.2, 0.25) is 5.02 Å². The van der Waals surface area contributed by atoms with Crippen molar-refractivity contribution in [2.75, 3.05) is 11.1 Å². The van der Waals surface area contributed by atoms with Crippen LogP contribution in [0.5, 0.6) is 0 Å². The lowest BCUT2D eigenvalue weighted by Crippen LogP contribution is -2.12. The van der Waals surface area contributed by atoms with Crippen LogP contribution in [-0.4, -0.2) is 15.9 Å².